The zero-order valence-corrected chi connectivity index (χ0v) is 14.2. The van der Waals surface area contributed by atoms with Gasteiger partial charge in [-0.3, -0.25) is 0 Å². The van der Waals surface area contributed by atoms with Crippen LogP contribution >= 0.6 is 0 Å². The molecule has 0 bridgehead atoms. The summed E-state index contributed by atoms with van der Waals surface area (Å²) in [5, 5.41) is 20.0. The van der Waals surface area contributed by atoms with Crippen molar-refractivity contribution in [3.8, 4) is 0 Å². The highest BCUT2D eigenvalue weighted by molar-refractivity contribution is 5.81. The first-order chi connectivity index (χ1) is 10.4. The molecule has 0 heterocycles. The number of esters is 1. The third kappa shape index (κ3) is 8.08. The van der Waals surface area contributed by atoms with Gasteiger partial charge in [-0.2, -0.15) is 0 Å². The summed E-state index contributed by atoms with van der Waals surface area (Å²) in [6.07, 6.45) is 3.11. The number of ether oxygens (including phenoxy) is 2. The number of carbonyl (C=O) groups is 1. The van der Waals surface area contributed by atoms with E-state index < -0.39 is 23.7 Å². The molecule has 6 heteroatoms. The molecule has 4 N–H and O–H groups in total. The highest BCUT2D eigenvalue weighted by Crippen LogP contribution is 2.16. The van der Waals surface area contributed by atoms with Gasteiger partial charge in [0.1, 0.15) is 11.6 Å². The first kappa shape index (κ1) is 21.3. The average molecular weight is 319 g/mol. The zero-order valence-electron chi connectivity index (χ0n) is 14.2. The SMILES string of the molecule is CCCCCCOCCCC(O)C(O)C(C)(N)C(=O)OCC. The van der Waals surface area contributed by atoms with E-state index in [1.54, 1.807) is 6.92 Å². The molecule has 3 atom stereocenters. The molecule has 0 aliphatic rings. The molecule has 22 heavy (non-hydrogen) atoms. The molecule has 0 radical (unpaired) electrons. The standard InChI is InChI=1S/C16H33NO5/c1-4-6-7-8-11-21-12-9-10-13(18)14(19)16(3,17)15(20)22-5-2/h13-14,18-19H,4-12,17H2,1-3H3. The van der Waals surface area contributed by atoms with Gasteiger partial charge in [0, 0.05) is 13.2 Å². The quantitative estimate of drug-likeness (QED) is 0.350. The van der Waals surface area contributed by atoms with Crippen LogP contribution in [0.15, 0.2) is 0 Å². The smallest absolute Gasteiger partial charge is 0.328 e. The number of carbonyl (C=O) groups excluding carboxylic acids is 1. The highest BCUT2D eigenvalue weighted by atomic mass is 16.5. The first-order valence-electron chi connectivity index (χ1n) is 8.27. The summed E-state index contributed by atoms with van der Waals surface area (Å²) in [6, 6.07) is 0. The normalized spacial score (nSPS) is 16.8. The van der Waals surface area contributed by atoms with E-state index in [9.17, 15) is 15.0 Å². The van der Waals surface area contributed by atoms with Crippen LogP contribution < -0.4 is 5.73 Å². The van der Waals surface area contributed by atoms with E-state index in [1.165, 1.54) is 26.2 Å². The van der Waals surface area contributed by atoms with Gasteiger partial charge in [0.2, 0.25) is 0 Å². The Morgan fingerprint density at radius 1 is 1.14 bits per heavy atom. The minimum absolute atomic E-state index is 0.181. The maximum Gasteiger partial charge on any atom is 0.328 e. The fourth-order valence-corrected chi connectivity index (χ4v) is 2.09. The molecular weight excluding hydrogens is 286 g/mol. The van der Waals surface area contributed by atoms with E-state index in [0.29, 0.717) is 19.4 Å². The number of aliphatic hydroxyl groups is 2. The summed E-state index contributed by atoms with van der Waals surface area (Å²) in [5.74, 6) is -0.714. The largest absolute Gasteiger partial charge is 0.465 e. The van der Waals surface area contributed by atoms with Gasteiger partial charge in [-0.05, 0) is 33.1 Å². The van der Waals surface area contributed by atoms with Crippen molar-refractivity contribution >= 4 is 5.97 Å². The number of unbranched alkanes of at least 4 members (excludes halogenated alkanes) is 3. The fraction of sp³-hybridized carbons (Fsp3) is 0.938. The summed E-state index contributed by atoms with van der Waals surface area (Å²) < 4.78 is 10.3. The van der Waals surface area contributed by atoms with Crippen LogP contribution in [0.1, 0.15) is 59.3 Å². The first-order valence-corrected chi connectivity index (χ1v) is 8.27. The molecule has 0 aromatic carbocycles. The van der Waals surface area contributed by atoms with Gasteiger partial charge in [0.15, 0.2) is 0 Å². The van der Waals surface area contributed by atoms with Crippen LogP contribution in [0.4, 0.5) is 0 Å². The lowest BCUT2D eigenvalue weighted by Gasteiger charge is -2.31. The van der Waals surface area contributed by atoms with Crippen molar-refractivity contribution in [3.05, 3.63) is 0 Å². The molecule has 0 aromatic rings. The molecule has 0 rings (SSSR count). The molecule has 0 amide bonds. The van der Waals surface area contributed by atoms with Crippen LogP contribution in [0, 0.1) is 0 Å². The average Bonchev–Trinajstić information content (AvgIpc) is 2.49. The highest BCUT2D eigenvalue weighted by Gasteiger charge is 2.41. The lowest BCUT2D eigenvalue weighted by atomic mass is 9.90. The predicted octanol–water partition coefficient (Wildman–Crippen LogP) is 1.37. The molecule has 0 aliphatic heterocycles. The third-order valence-electron chi connectivity index (χ3n) is 3.62. The number of hydrogen-bond donors (Lipinski definition) is 3. The number of aliphatic hydroxyl groups excluding tert-OH is 2. The topological polar surface area (TPSA) is 102 Å². The Bertz CT molecular complexity index is 296. The Hall–Kier alpha value is -0.690. The van der Waals surface area contributed by atoms with Crippen molar-refractivity contribution in [1.82, 2.24) is 0 Å². The minimum Gasteiger partial charge on any atom is -0.465 e. The van der Waals surface area contributed by atoms with E-state index in [-0.39, 0.29) is 6.61 Å². The number of nitrogens with two attached hydrogens (primary N) is 1. The van der Waals surface area contributed by atoms with E-state index in [2.05, 4.69) is 6.92 Å². The second-order valence-electron chi connectivity index (χ2n) is 5.83. The van der Waals surface area contributed by atoms with Crippen molar-refractivity contribution in [2.75, 3.05) is 19.8 Å². The third-order valence-corrected chi connectivity index (χ3v) is 3.62. The fourth-order valence-electron chi connectivity index (χ4n) is 2.09. The number of hydrogen-bond acceptors (Lipinski definition) is 6. The predicted molar refractivity (Wildman–Crippen MR) is 85.4 cm³/mol. The molecule has 0 saturated carbocycles. The molecule has 0 spiro atoms. The summed E-state index contributed by atoms with van der Waals surface area (Å²) in [5.41, 5.74) is 4.16. The second kappa shape index (κ2) is 11.8. The van der Waals surface area contributed by atoms with Crippen molar-refractivity contribution in [3.63, 3.8) is 0 Å². The zero-order chi connectivity index (χ0) is 17.0. The maximum absolute atomic E-state index is 11.7. The maximum atomic E-state index is 11.7. The summed E-state index contributed by atoms with van der Waals surface area (Å²) in [7, 11) is 0. The molecule has 0 fully saturated rings. The number of rotatable bonds is 13. The lowest BCUT2D eigenvalue weighted by Crippen LogP contribution is -2.59. The minimum atomic E-state index is -1.61. The van der Waals surface area contributed by atoms with Crippen LogP contribution in [0.2, 0.25) is 0 Å². The van der Waals surface area contributed by atoms with E-state index in [4.69, 9.17) is 15.2 Å². The molecule has 0 aromatic heterocycles. The van der Waals surface area contributed by atoms with Gasteiger partial charge < -0.3 is 25.4 Å². The summed E-state index contributed by atoms with van der Waals surface area (Å²) in [6.45, 7) is 6.61. The molecule has 0 saturated heterocycles. The van der Waals surface area contributed by atoms with Gasteiger partial charge in [0.05, 0.1) is 12.7 Å². The Morgan fingerprint density at radius 2 is 1.77 bits per heavy atom. The van der Waals surface area contributed by atoms with Crippen molar-refractivity contribution in [2.24, 2.45) is 5.73 Å². The van der Waals surface area contributed by atoms with Crippen LogP contribution in [0.3, 0.4) is 0 Å². The Balaban J connectivity index is 3.91. The van der Waals surface area contributed by atoms with Crippen LogP contribution in [0.25, 0.3) is 0 Å². The summed E-state index contributed by atoms with van der Waals surface area (Å²) in [4.78, 5) is 11.7. The molecular formula is C16H33NO5. The van der Waals surface area contributed by atoms with Gasteiger partial charge in [-0.15, -0.1) is 0 Å². The Labute approximate surface area is 134 Å². The molecule has 6 nitrogen and oxygen atoms in total. The Morgan fingerprint density at radius 3 is 2.36 bits per heavy atom. The second-order valence-corrected chi connectivity index (χ2v) is 5.83. The monoisotopic (exact) mass is 319 g/mol. The summed E-state index contributed by atoms with van der Waals surface area (Å²) >= 11 is 0. The van der Waals surface area contributed by atoms with Crippen molar-refractivity contribution in [2.45, 2.75) is 77.0 Å². The van der Waals surface area contributed by atoms with Gasteiger partial charge >= 0.3 is 5.97 Å². The van der Waals surface area contributed by atoms with Gasteiger partial charge in [-0.1, -0.05) is 26.2 Å². The van der Waals surface area contributed by atoms with Gasteiger partial charge in [0.25, 0.3) is 0 Å². The van der Waals surface area contributed by atoms with Crippen LogP contribution in [0.5, 0.6) is 0 Å². The molecule has 3 unspecified atom stereocenters. The van der Waals surface area contributed by atoms with E-state index in [0.717, 1.165) is 13.0 Å². The van der Waals surface area contributed by atoms with Crippen LogP contribution in [-0.2, 0) is 14.3 Å². The van der Waals surface area contributed by atoms with Crippen molar-refractivity contribution in [1.29, 1.82) is 0 Å². The van der Waals surface area contributed by atoms with Crippen LogP contribution in [-0.4, -0.2) is 53.7 Å². The molecule has 132 valence electrons. The van der Waals surface area contributed by atoms with E-state index >= 15 is 0 Å². The van der Waals surface area contributed by atoms with Crippen molar-refractivity contribution < 1.29 is 24.5 Å². The Kier molecular flexibility index (Phi) is 11.5. The molecule has 0 aliphatic carbocycles. The van der Waals surface area contributed by atoms with E-state index in [1.807, 2.05) is 0 Å². The lowest BCUT2D eigenvalue weighted by molar-refractivity contribution is -0.157. The van der Waals surface area contributed by atoms with Gasteiger partial charge in [-0.25, -0.2) is 4.79 Å².